The van der Waals surface area contributed by atoms with Crippen molar-refractivity contribution >= 4 is 26.6 Å². The van der Waals surface area contributed by atoms with E-state index in [9.17, 15) is 17.2 Å². The monoisotopic (exact) mass is 611 g/mol. The molecule has 0 radical (unpaired) electrons. The molecule has 2 aromatic carbocycles. The summed E-state index contributed by atoms with van der Waals surface area (Å²) in [4.78, 5) is 13.5. The Morgan fingerprint density at radius 3 is 2.65 bits per heavy atom. The summed E-state index contributed by atoms with van der Waals surface area (Å²) in [6, 6.07) is 11.6. The van der Waals surface area contributed by atoms with E-state index in [4.69, 9.17) is 9.72 Å². The van der Waals surface area contributed by atoms with Crippen molar-refractivity contribution in [1.82, 2.24) is 20.3 Å². The maximum Gasteiger partial charge on any atom is 0.251 e. The van der Waals surface area contributed by atoms with Crippen LogP contribution in [-0.2, 0) is 15.6 Å². The number of anilines is 1. The third-order valence-electron chi connectivity index (χ3n) is 8.18. The van der Waals surface area contributed by atoms with Crippen molar-refractivity contribution in [3.05, 3.63) is 71.8 Å². The van der Waals surface area contributed by atoms with Gasteiger partial charge >= 0.3 is 0 Å². The number of nitrogens with one attached hydrogen (secondary N) is 2. The van der Waals surface area contributed by atoms with Crippen molar-refractivity contribution in [3.8, 4) is 22.9 Å². The van der Waals surface area contributed by atoms with Gasteiger partial charge in [-0.15, -0.1) is 0 Å². The number of sulfone groups is 1. The van der Waals surface area contributed by atoms with E-state index in [1.54, 1.807) is 36.7 Å². The topological polar surface area (TPSA) is 106 Å². The standard InChI is InChI=1S/C31H32F3N5O3S/c1-19-6-7-22-23(8-9-26(32)25(22)18-43(40,41)17-20-10-12-31(20,33)34)28(19)42-29-24(5-3-14-36-29)27-11-15-37-30(39-27)38-21-4-2-13-35-16-21/h3,5-9,11,14-15,20-21,35H,2,4,10,12-13,16-18H2,1H3,(H,37,38,39)/t20-,21+/m1/s1. The molecule has 1 saturated carbocycles. The van der Waals surface area contributed by atoms with Gasteiger partial charge in [-0.25, -0.2) is 36.5 Å². The predicted molar refractivity (Wildman–Crippen MR) is 159 cm³/mol. The van der Waals surface area contributed by atoms with Gasteiger partial charge in [0.1, 0.15) is 11.6 Å². The lowest BCUT2D eigenvalue weighted by Crippen LogP contribution is -2.43. The van der Waals surface area contributed by atoms with Crippen molar-refractivity contribution in [2.75, 3.05) is 24.2 Å². The van der Waals surface area contributed by atoms with Gasteiger partial charge in [-0.2, -0.15) is 0 Å². The molecule has 0 bridgehead atoms. The van der Waals surface area contributed by atoms with E-state index in [0.29, 0.717) is 39.3 Å². The lowest BCUT2D eigenvalue weighted by molar-refractivity contribution is -0.122. The smallest absolute Gasteiger partial charge is 0.251 e. The Kier molecular flexibility index (Phi) is 7.99. The van der Waals surface area contributed by atoms with Crippen molar-refractivity contribution < 1.29 is 26.3 Å². The number of fused-ring (bicyclic) bond motifs is 1. The quantitative estimate of drug-likeness (QED) is 0.236. The number of benzene rings is 2. The van der Waals surface area contributed by atoms with Gasteiger partial charge in [0.2, 0.25) is 11.8 Å². The minimum Gasteiger partial charge on any atom is -0.437 e. The Bertz CT molecular complexity index is 1760. The maximum absolute atomic E-state index is 15.1. The molecule has 2 N–H and O–H groups in total. The first kappa shape index (κ1) is 29.3. The van der Waals surface area contributed by atoms with Crippen molar-refractivity contribution in [2.45, 2.75) is 50.3 Å². The van der Waals surface area contributed by atoms with Gasteiger partial charge in [-0.1, -0.05) is 12.1 Å². The summed E-state index contributed by atoms with van der Waals surface area (Å²) in [5.74, 6) is -5.22. The molecular weight excluding hydrogens is 579 g/mol. The van der Waals surface area contributed by atoms with Crippen LogP contribution in [0.15, 0.2) is 54.9 Å². The largest absolute Gasteiger partial charge is 0.437 e. The van der Waals surface area contributed by atoms with Crippen LogP contribution in [0.25, 0.3) is 22.0 Å². The van der Waals surface area contributed by atoms with E-state index in [1.807, 2.05) is 13.0 Å². The molecule has 8 nitrogen and oxygen atoms in total. The van der Waals surface area contributed by atoms with Crippen LogP contribution in [-0.4, -0.2) is 54.2 Å². The Labute approximate surface area is 248 Å². The highest BCUT2D eigenvalue weighted by Gasteiger charge is 2.49. The molecule has 43 heavy (non-hydrogen) atoms. The summed E-state index contributed by atoms with van der Waals surface area (Å²) in [7, 11) is -4.02. The van der Waals surface area contributed by atoms with Gasteiger partial charge in [0.25, 0.3) is 5.92 Å². The normalized spacial score (nSPS) is 20.0. The highest BCUT2D eigenvalue weighted by Crippen LogP contribution is 2.45. The van der Waals surface area contributed by atoms with Crippen molar-refractivity contribution in [1.29, 1.82) is 0 Å². The molecule has 4 aromatic rings. The van der Waals surface area contributed by atoms with Crippen molar-refractivity contribution in [3.63, 3.8) is 0 Å². The van der Waals surface area contributed by atoms with E-state index < -0.39 is 39.0 Å². The molecule has 1 saturated heterocycles. The summed E-state index contributed by atoms with van der Waals surface area (Å²) in [5, 5.41) is 7.54. The minimum atomic E-state index is -4.02. The predicted octanol–water partition coefficient (Wildman–Crippen LogP) is 6.06. The summed E-state index contributed by atoms with van der Waals surface area (Å²) in [5.41, 5.74) is 1.84. The van der Waals surface area contributed by atoms with E-state index in [1.165, 1.54) is 12.1 Å². The number of piperidine rings is 1. The highest BCUT2D eigenvalue weighted by molar-refractivity contribution is 7.90. The molecule has 12 heteroatoms. The second kappa shape index (κ2) is 11.7. The Balaban J connectivity index is 1.32. The van der Waals surface area contributed by atoms with Crippen LogP contribution in [0.2, 0.25) is 0 Å². The van der Waals surface area contributed by atoms with Crippen LogP contribution in [0.1, 0.15) is 36.8 Å². The number of alkyl halides is 2. The molecule has 1 aliphatic heterocycles. The lowest BCUT2D eigenvalue weighted by atomic mass is 9.82. The van der Waals surface area contributed by atoms with Gasteiger partial charge in [0.05, 0.1) is 22.8 Å². The highest BCUT2D eigenvalue weighted by atomic mass is 32.2. The Hall–Kier alpha value is -3.77. The molecule has 2 atom stereocenters. The third kappa shape index (κ3) is 6.30. The van der Waals surface area contributed by atoms with E-state index in [-0.39, 0.29) is 30.3 Å². The molecule has 6 rings (SSSR count). The van der Waals surface area contributed by atoms with E-state index in [2.05, 4.69) is 20.6 Å². The van der Waals surface area contributed by atoms with Crippen LogP contribution in [0.3, 0.4) is 0 Å². The molecule has 0 unspecified atom stereocenters. The van der Waals surface area contributed by atoms with Crippen LogP contribution in [0.4, 0.5) is 19.1 Å². The molecular formula is C31H32F3N5O3S. The zero-order chi connectivity index (χ0) is 30.2. The minimum absolute atomic E-state index is 0.0741. The zero-order valence-electron chi connectivity index (χ0n) is 23.6. The average Bonchev–Trinajstić information content (AvgIpc) is 2.99. The summed E-state index contributed by atoms with van der Waals surface area (Å²) in [6.45, 7) is 3.64. The lowest BCUT2D eigenvalue weighted by Gasteiger charge is -2.35. The van der Waals surface area contributed by atoms with E-state index in [0.717, 1.165) is 25.9 Å². The third-order valence-corrected chi connectivity index (χ3v) is 9.82. The number of hydrogen-bond acceptors (Lipinski definition) is 8. The first-order valence-electron chi connectivity index (χ1n) is 14.3. The molecule has 2 fully saturated rings. The van der Waals surface area contributed by atoms with Gasteiger partial charge < -0.3 is 15.4 Å². The number of halogens is 3. The zero-order valence-corrected chi connectivity index (χ0v) is 24.4. The molecule has 3 heterocycles. The number of hydrogen-bond donors (Lipinski definition) is 2. The fourth-order valence-electron chi connectivity index (χ4n) is 5.66. The SMILES string of the molecule is Cc1ccc2c(CS(=O)(=O)C[C@H]3CCC3(F)F)c(F)ccc2c1Oc1ncccc1-c1ccnc(N[C@H]2CCCNC2)n1. The number of ether oxygens (including phenoxy) is 1. The number of nitrogens with zero attached hydrogens (tertiary/aromatic N) is 3. The van der Waals surface area contributed by atoms with Gasteiger partial charge in [0, 0.05) is 48.3 Å². The van der Waals surface area contributed by atoms with Crippen LogP contribution in [0, 0.1) is 18.7 Å². The summed E-state index contributed by atoms with van der Waals surface area (Å²) >= 11 is 0. The fourth-order valence-corrected chi connectivity index (χ4v) is 7.54. The van der Waals surface area contributed by atoms with Crippen LogP contribution < -0.4 is 15.4 Å². The average molecular weight is 612 g/mol. The molecule has 0 amide bonds. The number of aryl methyl sites for hydroxylation is 1. The molecule has 226 valence electrons. The van der Waals surface area contributed by atoms with E-state index >= 15 is 4.39 Å². The van der Waals surface area contributed by atoms with Gasteiger partial charge in [-0.05, 0) is 74.0 Å². The van der Waals surface area contributed by atoms with Gasteiger partial charge in [-0.3, -0.25) is 0 Å². The second-order valence-corrected chi connectivity index (χ2v) is 13.4. The number of aromatic nitrogens is 3. The Morgan fingerprint density at radius 2 is 1.91 bits per heavy atom. The fraction of sp³-hybridized carbons (Fsp3) is 0.387. The Morgan fingerprint density at radius 1 is 1.07 bits per heavy atom. The molecule has 0 spiro atoms. The molecule has 1 aliphatic carbocycles. The number of pyridine rings is 1. The summed E-state index contributed by atoms with van der Waals surface area (Å²) in [6.07, 6.45) is 5.14. The second-order valence-electron chi connectivity index (χ2n) is 11.3. The molecule has 2 aliphatic rings. The maximum atomic E-state index is 15.1. The van der Waals surface area contributed by atoms with Crippen molar-refractivity contribution in [2.24, 2.45) is 5.92 Å². The molecule has 2 aromatic heterocycles. The van der Waals surface area contributed by atoms with Crippen LogP contribution >= 0.6 is 0 Å². The van der Waals surface area contributed by atoms with Crippen LogP contribution in [0.5, 0.6) is 11.6 Å². The first-order chi connectivity index (χ1) is 20.6. The first-order valence-corrected chi connectivity index (χ1v) is 16.1. The number of rotatable bonds is 9. The summed E-state index contributed by atoms with van der Waals surface area (Å²) < 4.78 is 74.9. The van der Waals surface area contributed by atoms with Gasteiger partial charge in [0.15, 0.2) is 9.84 Å².